The number of carbonyl (C=O) groups excluding carboxylic acids is 1. The second-order valence-corrected chi connectivity index (χ2v) is 4.59. The molecule has 1 aliphatic heterocycles. The van der Waals surface area contributed by atoms with Crippen LogP contribution in [0.5, 0.6) is 0 Å². The van der Waals surface area contributed by atoms with E-state index >= 15 is 0 Å². The van der Waals surface area contributed by atoms with Gasteiger partial charge in [0.25, 0.3) is 0 Å². The molecule has 0 aromatic carbocycles. The first-order valence-electron chi connectivity index (χ1n) is 5.24. The molecule has 0 saturated carbocycles. The predicted molar refractivity (Wildman–Crippen MR) is 53.2 cm³/mol. The van der Waals surface area contributed by atoms with Gasteiger partial charge < -0.3 is 9.84 Å². The van der Waals surface area contributed by atoms with E-state index in [1.807, 2.05) is 0 Å². The van der Waals surface area contributed by atoms with Crippen molar-refractivity contribution in [2.75, 3.05) is 26.7 Å². The summed E-state index contributed by atoms with van der Waals surface area (Å²) in [6.07, 6.45) is -6.56. The van der Waals surface area contributed by atoms with Crippen LogP contribution in [-0.2, 0) is 9.53 Å². The third-order valence-electron chi connectivity index (χ3n) is 3.04. The minimum absolute atomic E-state index is 0.173. The number of carbonyl (C=O) groups is 1. The number of β-amino-alcohol motifs (C(OH)–C–C–N with tert-alkyl or cyclic N) is 1. The molecular weight excluding hydrogens is 239 g/mol. The topological polar surface area (TPSA) is 49.8 Å². The van der Waals surface area contributed by atoms with Crippen molar-refractivity contribution in [1.82, 2.24) is 4.90 Å². The molecule has 0 aliphatic carbocycles. The second kappa shape index (κ2) is 4.81. The highest BCUT2D eigenvalue weighted by Gasteiger charge is 2.45. The Labute approximate surface area is 97.3 Å². The van der Waals surface area contributed by atoms with E-state index < -0.39 is 30.2 Å². The molecule has 17 heavy (non-hydrogen) atoms. The Morgan fingerprint density at radius 3 is 2.65 bits per heavy atom. The highest BCUT2D eigenvalue weighted by Crippen LogP contribution is 2.32. The molecule has 1 fully saturated rings. The molecule has 100 valence electrons. The van der Waals surface area contributed by atoms with Gasteiger partial charge in [0.1, 0.15) is 0 Å². The van der Waals surface area contributed by atoms with Gasteiger partial charge in [-0.05, 0) is 19.9 Å². The molecule has 1 heterocycles. The van der Waals surface area contributed by atoms with Crippen LogP contribution in [-0.4, -0.2) is 55.0 Å². The number of alkyl halides is 3. The number of methoxy groups -OCH3 is 1. The Balaban J connectivity index is 2.54. The van der Waals surface area contributed by atoms with Crippen molar-refractivity contribution in [3.05, 3.63) is 0 Å². The summed E-state index contributed by atoms with van der Waals surface area (Å²) in [4.78, 5) is 12.9. The Morgan fingerprint density at radius 2 is 2.18 bits per heavy atom. The number of hydrogen-bond donors (Lipinski definition) is 1. The molecular formula is C10H16F3NO3. The quantitative estimate of drug-likeness (QED) is 0.758. The first kappa shape index (κ1) is 14.2. The van der Waals surface area contributed by atoms with Gasteiger partial charge in [-0.25, -0.2) is 0 Å². The van der Waals surface area contributed by atoms with Gasteiger partial charge in [-0.1, -0.05) is 0 Å². The Morgan fingerprint density at radius 1 is 1.59 bits per heavy atom. The maximum Gasteiger partial charge on any atom is 0.415 e. The van der Waals surface area contributed by atoms with Crippen LogP contribution in [0.4, 0.5) is 13.2 Å². The van der Waals surface area contributed by atoms with Crippen LogP contribution >= 0.6 is 0 Å². The summed E-state index contributed by atoms with van der Waals surface area (Å²) in [6.45, 7) is 1.67. The van der Waals surface area contributed by atoms with Crippen LogP contribution in [0, 0.1) is 5.41 Å². The number of aliphatic hydroxyl groups excluding tert-OH is 1. The molecule has 1 N–H and O–H groups in total. The fourth-order valence-corrected chi connectivity index (χ4v) is 1.97. The van der Waals surface area contributed by atoms with Crippen LogP contribution in [0.25, 0.3) is 0 Å². The molecule has 0 spiro atoms. The number of ether oxygens (including phenoxy) is 1. The first-order chi connectivity index (χ1) is 7.69. The van der Waals surface area contributed by atoms with Gasteiger partial charge in [-0.3, -0.25) is 9.69 Å². The first-order valence-corrected chi connectivity index (χ1v) is 5.24. The van der Waals surface area contributed by atoms with E-state index in [0.29, 0.717) is 13.0 Å². The SMILES string of the molecule is COC(=O)[C@@]1(C)CCN(C[C@@H](O)C(F)(F)F)C1. The maximum atomic E-state index is 12.2. The van der Waals surface area contributed by atoms with Gasteiger partial charge in [0, 0.05) is 13.1 Å². The van der Waals surface area contributed by atoms with Gasteiger partial charge in [0.05, 0.1) is 12.5 Å². The van der Waals surface area contributed by atoms with Crippen LogP contribution in [0.3, 0.4) is 0 Å². The Kier molecular flexibility index (Phi) is 4.03. The van der Waals surface area contributed by atoms with E-state index in [9.17, 15) is 18.0 Å². The van der Waals surface area contributed by atoms with Crippen molar-refractivity contribution in [2.45, 2.75) is 25.6 Å². The molecule has 1 rings (SSSR count). The highest BCUT2D eigenvalue weighted by atomic mass is 19.4. The second-order valence-electron chi connectivity index (χ2n) is 4.59. The minimum atomic E-state index is -4.62. The molecule has 0 radical (unpaired) electrons. The summed E-state index contributed by atoms with van der Waals surface area (Å²) >= 11 is 0. The lowest BCUT2D eigenvalue weighted by atomic mass is 9.90. The zero-order chi connectivity index (χ0) is 13.3. The van der Waals surface area contributed by atoms with Crippen molar-refractivity contribution < 1.29 is 27.8 Å². The number of aliphatic hydroxyl groups is 1. The van der Waals surface area contributed by atoms with E-state index in [1.54, 1.807) is 6.92 Å². The van der Waals surface area contributed by atoms with Crippen LogP contribution < -0.4 is 0 Å². The van der Waals surface area contributed by atoms with Crippen molar-refractivity contribution in [1.29, 1.82) is 0 Å². The normalized spacial score (nSPS) is 28.1. The number of esters is 1. The summed E-state index contributed by atoms with van der Waals surface area (Å²) in [6, 6.07) is 0. The minimum Gasteiger partial charge on any atom is -0.469 e. The highest BCUT2D eigenvalue weighted by molar-refractivity contribution is 5.76. The fourth-order valence-electron chi connectivity index (χ4n) is 1.97. The van der Waals surface area contributed by atoms with Gasteiger partial charge in [0.2, 0.25) is 0 Å². The van der Waals surface area contributed by atoms with E-state index in [2.05, 4.69) is 4.74 Å². The third-order valence-corrected chi connectivity index (χ3v) is 3.04. The zero-order valence-electron chi connectivity index (χ0n) is 9.75. The number of likely N-dealkylation sites (tertiary alicyclic amines) is 1. The molecule has 0 aromatic rings. The summed E-state index contributed by atoms with van der Waals surface area (Å²) < 4.78 is 41.1. The Bertz CT molecular complexity index is 295. The molecule has 1 aliphatic rings. The van der Waals surface area contributed by atoms with E-state index in [1.165, 1.54) is 12.0 Å². The molecule has 0 amide bonds. The molecule has 7 heteroatoms. The number of rotatable bonds is 3. The summed E-state index contributed by atoms with van der Waals surface area (Å²) in [5.74, 6) is -0.429. The number of hydrogen-bond acceptors (Lipinski definition) is 4. The van der Waals surface area contributed by atoms with Crippen molar-refractivity contribution in [2.24, 2.45) is 5.41 Å². The van der Waals surface area contributed by atoms with E-state index in [-0.39, 0.29) is 6.54 Å². The third kappa shape index (κ3) is 3.32. The largest absolute Gasteiger partial charge is 0.469 e. The molecule has 1 saturated heterocycles. The average molecular weight is 255 g/mol. The molecule has 0 unspecified atom stereocenters. The van der Waals surface area contributed by atoms with E-state index in [4.69, 9.17) is 5.11 Å². The lowest BCUT2D eigenvalue weighted by Crippen LogP contribution is -2.41. The maximum absolute atomic E-state index is 12.2. The summed E-state index contributed by atoms with van der Waals surface area (Å²) in [7, 11) is 1.25. The van der Waals surface area contributed by atoms with Gasteiger partial charge in [-0.2, -0.15) is 13.2 Å². The van der Waals surface area contributed by atoms with Crippen LogP contribution in [0.2, 0.25) is 0 Å². The smallest absolute Gasteiger partial charge is 0.415 e. The van der Waals surface area contributed by atoms with Crippen LogP contribution in [0.1, 0.15) is 13.3 Å². The molecule has 4 nitrogen and oxygen atoms in total. The van der Waals surface area contributed by atoms with Gasteiger partial charge in [-0.15, -0.1) is 0 Å². The predicted octanol–water partition coefficient (Wildman–Crippen LogP) is 0.795. The van der Waals surface area contributed by atoms with Gasteiger partial charge >= 0.3 is 12.1 Å². The lowest BCUT2D eigenvalue weighted by Gasteiger charge is -2.24. The molecule has 0 aromatic heterocycles. The molecule has 0 bridgehead atoms. The standard InChI is InChI=1S/C10H16F3NO3/c1-9(8(16)17-2)3-4-14(6-9)5-7(15)10(11,12)13/h7,15H,3-6H2,1-2H3/t7-,9+/m1/s1. The van der Waals surface area contributed by atoms with Crippen molar-refractivity contribution >= 4 is 5.97 Å². The number of halogens is 3. The Hall–Kier alpha value is -0.820. The molecule has 2 atom stereocenters. The summed E-state index contributed by atoms with van der Waals surface area (Å²) in [5, 5.41) is 8.93. The van der Waals surface area contributed by atoms with Gasteiger partial charge in [0.15, 0.2) is 6.10 Å². The number of nitrogens with zero attached hydrogens (tertiary/aromatic N) is 1. The van der Waals surface area contributed by atoms with Crippen molar-refractivity contribution in [3.63, 3.8) is 0 Å². The summed E-state index contributed by atoms with van der Waals surface area (Å²) in [5.41, 5.74) is -0.778. The van der Waals surface area contributed by atoms with Crippen molar-refractivity contribution in [3.8, 4) is 0 Å². The zero-order valence-corrected chi connectivity index (χ0v) is 9.75. The van der Waals surface area contributed by atoms with E-state index in [0.717, 1.165) is 0 Å². The monoisotopic (exact) mass is 255 g/mol. The fraction of sp³-hybridized carbons (Fsp3) is 0.900. The average Bonchev–Trinajstić information content (AvgIpc) is 2.59. The van der Waals surface area contributed by atoms with Crippen LogP contribution in [0.15, 0.2) is 0 Å². The lowest BCUT2D eigenvalue weighted by molar-refractivity contribution is -0.207.